The minimum atomic E-state index is -0.860. The fourth-order valence-electron chi connectivity index (χ4n) is 3.10. The molecule has 1 aromatic carbocycles. The van der Waals surface area contributed by atoms with Gasteiger partial charge in [0.05, 0.1) is 12.5 Å². The highest BCUT2D eigenvalue weighted by Gasteiger charge is 2.17. The third-order valence-electron chi connectivity index (χ3n) is 4.40. The number of carboxylic acids is 1. The molecule has 0 radical (unpaired) electrons. The van der Waals surface area contributed by atoms with Crippen LogP contribution in [0.25, 0.3) is 21.3 Å². The number of thiophene rings is 1. The molecule has 0 unspecified atom stereocenters. The number of nitrogens with zero attached hydrogens (tertiary/aromatic N) is 2. The van der Waals surface area contributed by atoms with Gasteiger partial charge in [0.15, 0.2) is 0 Å². The number of aromatic nitrogens is 2. The second-order valence-corrected chi connectivity index (χ2v) is 7.15. The number of methoxy groups -OCH3 is 1. The van der Waals surface area contributed by atoms with Gasteiger partial charge in [-0.15, -0.1) is 11.3 Å². The maximum absolute atomic E-state index is 13.3. The summed E-state index contributed by atoms with van der Waals surface area (Å²) in [7, 11) is 1.61. The summed E-state index contributed by atoms with van der Waals surface area (Å²) in [5.74, 6) is 0.588. The average Bonchev–Trinajstić information content (AvgIpc) is 3.08. The molecule has 7 heteroatoms. The molecule has 0 aliphatic rings. The van der Waals surface area contributed by atoms with Crippen LogP contribution in [0.15, 0.2) is 34.4 Å². The number of fused-ring (bicyclic) bond motifs is 1. The average molecular weight is 386 g/mol. The molecule has 0 saturated heterocycles. The van der Waals surface area contributed by atoms with Crippen molar-refractivity contribution in [2.24, 2.45) is 0 Å². The van der Waals surface area contributed by atoms with E-state index < -0.39 is 5.97 Å². The molecule has 2 heterocycles. The van der Waals surface area contributed by atoms with Crippen LogP contribution in [0.5, 0.6) is 5.75 Å². The predicted octanol–water partition coefficient (Wildman–Crippen LogP) is 3.95. The van der Waals surface area contributed by atoms with E-state index in [4.69, 9.17) is 14.8 Å². The monoisotopic (exact) mass is 386 g/mol. The van der Waals surface area contributed by atoms with Crippen molar-refractivity contribution in [3.05, 3.63) is 45.8 Å². The lowest BCUT2D eigenvalue weighted by atomic mass is 10.1. The number of hydrogen-bond acceptors (Lipinski definition) is 5. The molecule has 0 spiro atoms. The fourth-order valence-corrected chi connectivity index (χ4v) is 4.06. The number of aryl methyl sites for hydroxylation is 1. The van der Waals surface area contributed by atoms with E-state index in [1.807, 2.05) is 36.6 Å². The van der Waals surface area contributed by atoms with Crippen LogP contribution in [-0.2, 0) is 17.8 Å². The molecule has 0 fully saturated rings. The molecule has 0 saturated carbocycles. The lowest BCUT2D eigenvalue weighted by Crippen LogP contribution is -2.25. The largest absolute Gasteiger partial charge is 0.497 e. The molecular formula is C20H22N2O4S. The Morgan fingerprint density at radius 2 is 2.19 bits per heavy atom. The molecule has 0 aliphatic carbocycles. The summed E-state index contributed by atoms with van der Waals surface area (Å²) in [6, 6.07) is 7.59. The van der Waals surface area contributed by atoms with E-state index in [9.17, 15) is 9.59 Å². The summed E-state index contributed by atoms with van der Waals surface area (Å²) in [6.07, 6.45) is 1.98. The maximum Gasteiger partial charge on any atom is 0.303 e. The fraction of sp³-hybridized carbons (Fsp3) is 0.350. The van der Waals surface area contributed by atoms with Gasteiger partial charge in [0, 0.05) is 30.3 Å². The van der Waals surface area contributed by atoms with Crippen LogP contribution in [0, 0.1) is 0 Å². The molecule has 3 aromatic rings. The Labute approximate surface area is 161 Å². The highest BCUT2D eigenvalue weighted by Crippen LogP contribution is 2.32. The van der Waals surface area contributed by atoms with Gasteiger partial charge in [-0.1, -0.05) is 19.1 Å². The molecule has 0 aliphatic heterocycles. The van der Waals surface area contributed by atoms with Crippen LogP contribution in [0.4, 0.5) is 0 Å². The first-order valence-electron chi connectivity index (χ1n) is 8.92. The number of hydrogen-bond donors (Lipinski definition) is 1. The van der Waals surface area contributed by atoms with Crippen molar-refractivity contribution in [3.8, 4) is 16.9 Å². The van der Waals surface area contributed by atoms with E-state index in [-0.39, 0.29) is 12.0 Å². The molecule has 0 atom stereocenters. The van der Waals surface area contributed by atoms with Crippen molar-refractivity contribution < 1.29 is 14.6 Å². The number of rotatable bonds is 8. The van der Waals surface area contributed by atoms with E-state index >= 15 is 0 Å². The van der Waals surface area contributed by atoms with Crippen molar-refractivity contribution in [1.82, 2.24) is 9.55 Å². The van der Waals surface area contributed by atoms with E-state index in [0.717, 1.165) is 34.0 Å². The lowest BCUT2D eigenvalue weighted by molar-refractivity contribution is -0.137. The van der Waals surface area contributed by atoms with Gasteiger partial charge in [-0.2, -0.15) is 0 Å². The second kappa shape index (κ2) is 8.35. The Kier molecular flexibility index (Phi) is 5.91. The van der Waals surface area contributed by atoms with Crippen LogP contribution < -0.4 is 10.3 Å². The summed E-state index contributed by atoms with van der Waals surface area (Å²) in [5.41, 5.74) is 1.63. The zero-order chi connectivity index (χ0) is 19.4. The van der Waals surface area contributed by atoms with Crippen LogP contribution in [-0.4, -0.2) is 27.7 Å². The lowest BCUT2D eigenvalue weighted by Gasteiger charge is -2.12. The van der Waals surface area contributed by atoms with Gasteiger partial charge in [-0.3, -0.25) is 14.2 Å². The molecular weight excluding hydrogens is 364 g/mol. The Hall–Kier alpha value is -2.67. The maximum atomic E-state index is 13.3. The molecule has 3 rings (SSSR count). The molecule has 2 aromatic heterocycles. The number of carbonyl (C=O) groups is 1. The molecule has 0 bridgehead atoms. The number of carboxylic acid groups (broad SMARTS) is 1. The molecule has 1 N–H and O–H groups in total. The Morgan fingerprint density at radius 1 is 1.37 bits per heavy atom. The molecule has 0 amide bonds. The van der Waals surface area contributed by atoms with Gasteiger partial charge in [0.25, 0.3) is 5.56 Å². The van der Waals surface area contributed by atoms with Gasteiger partial charge in [-0.05, 0) is 30.5 Å². The van der Waals surface area contributed by atoms with Crippen molar-refractivity contribution >= 4 is 27.5 Å². The molecule has 27 heavy (non-hydrogen) atoms. The third-order valence-corrected chi connectivity index (χ3v) is 5.27. The highest BCUT2D eigenvalue weighted by atomic mass is 32.1. The van der Waals surface area contributed by atoms with E-state index in [1.54, 1.807) is 11.7 Å². The van der Waals surface area contributed by atoms with Gasteiger partial charge in [0.1, 0.15) is 16.4 Å². The summed E-state index contributed by atoms with van der Waals surface area (Å²) in [4.78, 5) is 29.5. The summed E-state index contributed by atoms with van der Waals surface area (Å²) < 4.78 is 6.94. The minimum absolute atomic E-state index is 0.0302. The Balaban J connectivity index is 2.12. The normalized spacial score (nSPS) is 11.0. The smallest absolute Gasteiger partial charge is 0.303 e. The summed E-state index contributed by atoms with van der Waals surface area (Å²) in [5, 5.41) is 11.4. The van der Waals surface area contributed by atoms with Crippen LogP contribution >= 0.6 is 11.3 Å². The first kappa shape index (κ1) is 19.1. The van der Waals surface area contributed by atoms with Gasteiger partial charge < -0.3 is 9.84 Å². The SMILES string of the molecule is CCCc1nc2scc(-c3cccc(OC)c3)c2c(=O)n1CCCC(=O)O. The van der Waals surface area contributed by atoms with Crippen molar-refractivity contribution in [1.29, 1.82) is 0 Å². The first-order valence-corrected chi connectivity index (χ1v) is 9.80. The topological polar surface area (TPSA) is 81.4 Å². The zero-order valence-electron chi connectivity index (χ0n) is 15.4. The molecule has 6 nitrogen and oxygen atoms in total. The Morgan fingerprint density at radius 3 is 2.89 bits per heavy atom. The predicted molar refractivity (Wildman–Crippen MR) is 107 cm³/mol. The summed E-state index contributed by atoms with van der Waals surface area (Å²) >= 11 is 1.45. The number of aliphatic carboxylic acids is 1. The first-order chi connectivity index (χ1) is 13.0. The van der Waals surface area contributed by atoms with Crippen molar-refractivity contribution in [2.45, 2.75) is 39.2 Å². The van der Waals surface area contributed by atoms with Crippen LogP contribution in [0.2, 0.25) is 0 Å². The van der Waals surface area contributed by atoms with E-state index in [1.165, 1.54) is 11.3 Å². The quantitative estimate of drug-likeness (QED) is 0.634. The van der Waals surface area contributed by atoms with Gasteiger partial charge in [-0.25, -0.2) is 4.98 Å². The van der Waals surface area contributed by atoms with Gasteiger partial charge >= 0.3 is 5.97 Å². The number of benzene rings is 1. The standard InChI is InChI=1S/C20H22N2O4S/c1-3-6-16-21-19-18(20(25)22(16)10-5-9-17(23)24)15(12-27-19)13-7-4-8-14(11-13)26-2/h4,7-8,11-12H,3,5-6,9-10H2,1-2H3,(H,23,24). The minimum Gasteiger partial charge on any atom is -0.497 e. The number of ether oxygens (including phenoxy) is 1. The van der Waals surface area contributed by atoms with Crippen LogP contribution in [0.3, 0.4) is 0 Å². The second-order valence-electron chi connectivity index (χ2n) is 6.29. The Bertz CT molecular complexity index is 1020. The van der Waals surface area contributed by atoms with Crippen LogP contribution in [0.1, 0.15) is 32.0 Å². The van der Waals surface area contributed by atoms with E-state index in [2.05, 4.69) is 0 Å². The third kappa shape index (κ3) is 4.03. The highest BCUT2D eigenvalue weighted by molar-refractivity contribution is 7.17. The van der Waals surface area contributed by atoms with E-state index in [0.29, 0.717) is 24.8 Å². The summed E-state index contributed by atoms with van der Waals surface area (Å²) in [6.45, 7) is 2.39. The van der Waals surface area contributed by atoms with Crippen molar-refractivity contribution in [3.63, 3.8) is 0 Å². The van der Waals surface area contributed by atoms with Crippen molar-refractivity contribution in [2.75, 3.05) is 7.11 Å². The zero-order valence-corrected chi connectivity index (χ0v) is 16.2. The molecule has 142 valence electrons. The van der Waals surface area contributed by atoms with Gasteiger partial charge in [0.2, 0.25) is 0 Å².